The quantitative estimate of drug-likeness (QED) is 0.163. The summed E-state index contributed by atoms with van der Waals surface area (Å²) in [4.78, 5) is 2.40. The Hall–Kier alpha value is -7.62. The van der Waals surface area contributed by atoms with Crippen molar-refractivity contribution in [1.82, 2.24) is 4.57 Å². The van der Waals surface area contributed by atoms with E-state index in [1.807, 2.05) is 6.07 Å². The molecule has 0 radical (unpaired) electrons. The molecule has 0 aliphatic carbocycles. The Kier molecular flexibility index (Phi) is 7.82. The number of furan rings is 1. The third-order valence-corrected chi connectivity index (χ3v) is 11.2. The Morgan fingerprint density at radius 1 is 0.351 bits per heavy atom. The molecule has 0 bridgehead atoms. The zero-order valence-corrected chi connectivity index (χ0v) is 31.1. The summed E-state index contributed by atoms with van der Waals surface area (Å²) in [6.07, 6.45) is 0. The molecular formula is C54H36N2O. The molecule has 57 heavy (non-hydrogen) atoms. The van der Waals surface area contributed by atoms with E-state index in [1.54, 1.807) is 0 Å². The normalized spacial score (nSPS) is 11.5. The number of para-hydroxylation sites is 2. The second-order valence-corrected chi connectivity index (χ2v) is 14.5. The molecule has 0 fully saturated rings. The second-order valence-electron chi connectivity index (χ2n) is 14.5. The van der Waals surface area contributed by atoms with Crippen LogP contribution in [-0.4, -0.2) is 4.57 Å². The van der Waals surface area contributed by atoms with Crippen LogP contribution in [0.2, 0.25) is 0 Å². The van der Waals surface area contributed by atoms with Crippen LogP contribution in [0.1, 0.15) is 0 Å². The minimum absolute atomic E-state index is 0.861. The number of hydrogen-bond donors (Lipinski definition) is 0. The zero-order valence-electron chi connectivity index (χ0n) is 31.1. The predicted molar refractivity (Wildman–Crippen MR) is 239 cm³/mol. The summed E-state index contributed by atoms with van der Waals surface area (Å²) in [7, 11) is 0. The zero-order chi connectivity index (χ0) is 37.7. The first-order chi connectivity index (χ1) is 28.3. The lowest BCUT2D eigenvalue weighted by atomic mass is 9.97. The summed E-state index contributed by atoms with van der Waals surface area (Å²) in [6.45, 7) is 0. The van der Waals surface area contributed by atoms with Crippen molar-refractivity contribution in [3.8, 4) is 39.1 Å². The van der Waals surface area contributed by atoms with Gasteiger partial charge in [-0.3, -0.25) is 0 Å². The molecular weight excluding hydrogens is 693 g/mol. The molecule has 11 rings (SSSR count). The van der Waals surface area contributed by atoms with Gasteiger partial charge in [-0.25, -0.2) is 0 Å². The number of nitrogens with zero attached hydrogens (tertiary/aromatic N) is 2. The van der Waals surface area contributed by atoms with Gasteiger partial charge in [-0.05, 0) is 94.0 Å². The number of benzene rings is 9. The van der Waals surface area contributed by atoms with Crippen molar-refractivity contribution in [2.45, 2.75) is 0 Å². The van der Waals surface area contributed by atoms with Gasteiger partial charge in [0.1, 0.15) is 11.2 Å². The number of hydrogen-bond acceptors (Lipinski definition) is 2. The van der Waals surface area contributed by atoms with Crippen molar-refractivity contribution >= 4 is 60.8 Å². The first kappa shape index (κ1) is 32.8. The molecule has 9 aromatic carbocycles. The Balaban J connectivity index is 1.16. The Labute approximate surface area is 330 Å². The van der Waals surface area contributed by atoms with E-state index in [1.165, 1.54) is 44.1 Å². The van der Waals surface area contributed by atoms with Crippen molar-refractivity contribution in [3.05, 3.63) is 218 Å². The fourth-order valence-corrected chi connectivity index (χ4v) is 8.59. The van der Waals surface area contributed by atoms with Gasteiger partial charge in [-0.2, -0.15) is 0 Å². The number of anilines is 3. The molecule has 0 N–H and O–H groups in total. The van der Waals surface area contributed by atoms with Gasteiger partial charge in [-0.1, -0.05) is 158 Å². The van der Waals surface area contributed by atoms with Gasteiger partial charge in [0.25, 0.3) is 0 Å². The van der Waals surface area contributed by atoms with Crippen molar-refractivity contribution < 1.29 is 4.42 Å². The lowest BCUT2D eigenvalue weighted by Gasteiger charge is -2.27. The minimum Gasteiger partial charge on any atom is -0.456 e. The molecule has 3 nitrogen and oxygen atoms in total. The monoisotopic (exact) mass is 728 g/mol. The molecule has 0 aliphatic heterocycles. The predicted octanol–water partition coefficient (Wildman–Crippen LogP) is 15.2. The van der Waals surface area contributed by atoms with Crippen molar-refractivity contribution in [3.63, 3.8) is 0 Å². The fraction of sp³-hybridized carbons (Fsp3) is 0. The average molecular weight is 729 g/mol. The highest BCUT2D eigenvalue weighted by atomic mass is 16.3. The molecule has 2 heterocycles. The van der Waals surface area contributed by atoms with E-state index in [0.29, 0.717) is 0 Å². The maximum atomic E-state index is 6.45. The van der Waals surface area contributed by atoms with E-state index in [-0.39, 0.29) is 0 Å². The van der Waals surface area contributed by atoms with E-state index >= 15 is 0 Å². The van der Waals surface area contributed by atoms with Crippen LogP contribution in [-0.2, 0) is 0 Å². The van der Waals surface area contributed by atoms with E-state index < -0.39 is 0 Å². The third-order valence-electron chi connectivity index (χ3n) is 11.2. The number of fused-ring (bicyclic) bond motifs is 6. The van der Waals surface area contributed by atoms with Gasteiger partial charge in [0, 0.05) is 33.2 Å². The molecule has 2 aromatic heterocycles. The Morgan fingerprint density at radius 2 is 0.947 bits per heavy atom. The van der Waals surface area contributed by atoms with E-state index in [0.717, 1.165) is 55.8 Å². The van der Waals surface area contributed by atoms with Crippen LogP contribution in [0.4, 0.5) is 17.1 Å². The first-order valence-electron chi connectivity index (χ1n) is 19.4. The molecule has 0 aliphatic rings. The molecule has 0 saturated carbocycles. The number of aromatic nitrogens is 1. The van der Waals surface area contributed by atoms with Gasteiger partial charge < -0.3 is 13.9 Å². The fourth-order valence-electron chi connectivity index (χ4n) is 8.59. The Bertz CT molecular complexity index is 3220. The van der Waals surface area contributed by atoms with Crippen LogP contribution in [0.3, 0.4) is 0 Å². The van der Waals surface area contributed by atoms with Crippen LogP contribution in [0.5, 0.6) is 0 Å². The van der Waals surface area contributed by atoms with Gasteiger partial charge >= 0.3 is 0 Å². The summed E-state index contributed by atoms with van der Waals surface area (Å²) < 4.78 is 8.87. The minimum atomic E-state index is 0.861. The lowest BCUT2D eigenvalue weighted by Crippen LogP contribution is -2.10. The van der Waals surface area contributed by atoms with Crippen LogP contribution >= 0.6 is 0 Å². The molecule has 11 aromatic rings. The van der Waals surface area contributed by atoms with Gasteiger partial charge in [-0.15, -0.1) is 0 Å². The highest BCUT2D eigenvalue weighted by molar-refractivity contribution is 6.17. The summed E-state index contributed by atoms with van der Waals surface area (Å²) in [5.41, 5.74) is 15.5. The molecule has 0 amide bonds. The third kappa shape index (κ3) is 5.60. The summed E-state index contributed by atoms with van der Waals surface area (Å²) in [5, 5.41) is 4.61. The summed E-state index contributed by atoms with van der Waals surface area (Å²) in [5.74, 6) is 0. The molecule has 0 spiro atoms. The molecule has 268 valence electrons. The van der Waals surface area contributed by atoms with Crippen molar-refractivity contribution in [2.75, 3.05) is 4.90 Å². The van der Waals surface area contributed by atoms with Crippen molar-refractivity contribution in [1.29, 1.82) is 0 Å². The van der Waals surface area contributed by atoms with Crippen LogP contribution in [0.15, 0.2) is 223 Å². The topological polar surface area (TPSA) is 21.3 Å². The molecule has 3 heteroatoms. The van der Waals surface area contributed by atoms with Crippen molar-refractivity contribution in [2.24, 2.45) is 0 Å². The molecule has 0 saturated heterocycles. The average Bonchev–Trinajstić information content (AvgIpc) is 3.84. The maximum absolute atomic E-state index is 6.45. The van der Waals surface area contributed by atoms with E-state index in [2.05, 4.69) is 222 Å². The molecule has 0 unspecified atom stereocenters. The standard InChI is InChI=1S/C54H36N2O/c1-4-15-37(16-5-1)39-29-31-40(32-30-39)45-24-13-25-48-53(45)46-34-33-44(36-50(46)56(48)42-20-8-3-9-21-42)55(43-22-12-19-41(35-43)38-17-6-2-7-18-38)49-26-14-28-52-54(49)47-23-10-11-27-51(47)57-52/h1-36H. The lowest BCUT2D eigenvalue weighted by molar-refractivity contribution is 0.669. The maximum Gasteiger partial charge on any atom is 0.137 e. The second kappa shape index (κ2) is 13.6. The van der Waals surface area contributed by atoms with E-state index in [4.69, 9.17) is 4.42 Å². The largest absolute Gasteiger partial charge is 0.456 e. The van der Waals surface area contributed by atoms with Gasteiger partial charge in [0.2, 0.25) is 0 Å². The Morgan fingerprint density at radius 3 is 1.74 bits per heavy atom. The van der Waals surface area contributed by atoms with Crippen LogP contribution < -0.4 is 4.90 Å². The van der Waals surface area contributed by atoms with Gasteiger partial charge in [0.15, 0.2) is 0 Å². The summed E-state index contributed by atoms with van der Waals surface area (Å²) in [6, 6.07) is 78.1. The van der Waals surface area contributed by atoms with Crippen LogP contribution in [0, 0.1) is 0 Å². The van der Waals surface area contributed by atoms with Crippen LogP contribution in [0.25, 0.3) is 82.8 Å². The smallest absolute Gasteiger partial charge is 0.137 e. The highest BCUT2D eigenvalue weighted by Gasteiger charge is 2.23. The first-order valence-corrected chi connectivity index (χ1v) is 19.4. The number of rotatable bonds is 7. The summed E-state index contributed by atoms with van der Waals surface area (Å²) >= 11 is 0. The van der Waals surface area contributed by atoms with Gasteiger partial charge in [0.05, 0.1) is 22.1 Å². The highest BCUT2D eigenvalue weighted by Crippen LogP contribution is 2.46. The van der Waals surface area contributed by atoms with E-state index in [9.17, 15) is 0 Å². The molecule has 0 atom stereocenters. The SMILES string of the molecule is c1ccc(-c2ccc(-c3cccc4c3c3ccc(N(c5cccc(-c6ccccc6)c5)c5cccc6oc7ccccc7c56)cc3n4-c3ccccc3)cc2)cc1.